The van der Waals surface area contributed by atoms with Crippen LogP contribution in [0.2, 0.25) is 0 Å². The average molecular weight is 485 g/mol. The van der Waals surface area contributed by atoms with E-state index >= 15 is 0 Å². The summed E-state index contributed by atoms with van der Waals surface area (Å²) in [5, 5.41) is 9.51. The van der Waals surface area contributed by atoms with Crippen molar-refractivity contribution in [1.82, 2.24) is 19.7 Å². The van der Waals surface area contributed by atoms with Crippen molar-refractivity contribution in [3.63, 3.8) is 0 Å². The molecule has 1 atom stereocenters. The van der Waals surface area contributed by atoms with E-state index in [1.807, 2.05) is 41.8 Å². The first-order chi connectivity index (χ1) is 16.6. The number of benzene rings is 2. The number of methoxy groups -OCH3 is 1. The number of hydrogen-bond acceptors (Lipinski definition) is 6. The summed E-state index contributed by atoms with van der Waals surface area (Å²) in [4.78, 5) is 14.7. The number of halogens is 1. The molecule has 0 bridgehead atoms. The zero-order chi connectivity index (χ0) is 23.9. The molecule has 2 aromatic carbocycles. The van der Waals surface area contributed by atoms with Gasteiger partial charge >= 0.3 is 0 Å². The Morgan fingerprint density at radius 2 is 2.09 bits per heavy atom. The Bertz CT molecular complexity index is 1100. The molecule has 4 rings (SSSR count). The van der Waals surface area contributed by atoms with Crippen molar-refractivity contribution in [2.24, 2.45) is 0 Å². The molecule has 0 N–H and O–H groups in total. The maximum absolute atomic E-state index is 13.5. The number of carbonyl (C=O) groups is 1. The summed E-state index contributed by atoms with van der Waals surface area (Å²) >= 11 is 1.36. The SMILES string of the molecule is CCN(Cc1cccc(F)c1)C(=O)CSc1nnc(-c2ccc(OC)cc2)n1C[C@H]1CCCO1. The van der Waals surface area contributed by atoms with Crippen molar-refractivity contribution in [2.75, 3.05) is 26.0 Å². The molecule has 0 spiro atoms. The quantitative estimate of drug-likeness (QED) is 0.397. The van der Waals surface area contributed by atoms with Crippen LogP contribution in [0.3, 0.4) is 0 Å². The fourth-order valence-corrected chi connectivity index (χ4v) is 4.81. The van der Waals surface area contributed by atoms with Gasteiger partial charge in [0.15, 0.2) is 11.0 Å². The maximum Gasteiger partial charge on any atom is 0.233 e. The molecule has 7 nitrogen and oxygen atoms in total. The predicted molar refractivity (Wildman–Crippen MR) is 129 cm³/mol. The van der Waals surface area contributed by atoms with Crippen molar-refractivity contribution < 1.29 is 18.7 Å². The fourth-order valence-electron chi connectivity index (χ4n) is 3.96. The smallest absolute Gasteiger partial charge is 0.233 e. The van der Waals surface area contributed by atoms with Gasteiger partial charge in [-0.25, -0.2) is 4.39 Å². The highest BCUT2D eigenvalue weighted by atomic mass is 32.2. The van der Waals surface area contributed by atoms with Crippen LogP contribution in [0.4, 0.5) is 4.39 Å². The molecule has 34 heavy (non-hydrogen) atoms. The Morgan fingerprint density at radius 1 is 1.26 bits per heavy atom. The first-order valence-corrected chi connectivity index (χ1v) is 12.4. The fraction of sp³-hybridized carbons (Fsp3) is 0.400. The van der Waals surface area contributed by atoms with Gasteiger partial charge in [0, 0.05) is 25.3 Å². The molecule has 0 unspecified atom stereocenters. The number of rotatable bonds is 10. The van der Waals surface area contributed by atoms with E-state index in [-0.39, 0.29) is 23.6 Å². The molecule has 0 saturated carbocycles. The third-order valence-corrected chi connectivity index (χ3v) is 6.75. The second-order valence-corrected chi connectivity index (χ2v) is 9.05. The lowest BCUT2D eigenvalue weighted by Crippen LogP contribution is -2.31. The summed E-state index contributed by atoms with van der Waals surface area (Å²) < 4.78 is 26.7. The number of amides is 1. The highest BCUT2D eigenvalue weighted by molar-refractivity contribution is 7.99. The van der Waals surface area contributed by atoms with E-state index in [4.69, 9.17) is 9.47 Å². The van der Waals surface area contributed by atoms with Crippen LogP contribution in [-0.2, 0) is 22.6 Å². The van der Waals surface area contributed by atoms with Crippen LogP contribution in [0.25, 0.3) is 11.4 Å². The second-order valence-electron chi connectivity index (χ2n) is 8.11. The van der Waals surface area contributed by atoms with Gasteiger partial charge < -0.3 is 14.4 Å². The van der Waals surface area contributed by atoms with E-state index in [2.05, 4.69) is 10.2 Å². The molecule has 2 heterocycles. The van der Waals surface area contributed by atoms with Gasteiger partial charge in [-0.1, -0.05) is 23.9 Å². The molecule has 0 radical (unpaired) electrons. The van der Waals surface area contributed by atoms with Crippen molar-refractivity contribution in [1.29, 1.82) is 0 Å². The van der Waals surface area contributed by atoms with E-state index in [1.165, 1.54) is 23.9 Å². The predicted octanol–water partition coefficient (Wildman–Crippen LogP) is 4.41. The Morgan fingerprint density at radius 3 is 2.76 bits per heavy atom. The number of ether oxygens (including phenoxy) is 2. The number of carbonyl (C=O) groups excluding carboxylic acids is 1. The summed E-state index contributed by atoms with van der Waals surface area (Å²) in [5.41, 5.74) is 1.69. The summed E-state index contributed by atoms with van der Waals surface area (Å²) in [6, 6.07) is 14.0. The van der Waals surface area contributed by atoms with Crippen LogP contribution >= 0.6 is 11.8 Å². The minimum absolute atomic E-state index is 0.0329. The van der Waals surface area contributed by atoms with Crippen molar-refractivity contribution in [3.8, 4) is 17.1 Å². The lowest BCUT2D eigenvalue weighted by atomic mass is 10.2. The van der Waals surface area contributed by atoms with E-state index in [0.29, 0.717) is 24.8 Å². The van der Waals surface area contributed by atoms with Gasteiger partial charge in [0.2, 0.25) is 5.91 Å². The Balaban J connectivity index is 1.49. The van der Waals surface area contributed by atoms with Gasteiger partial charge in [0.05, 0.1) is 25.5 Å². The largest absolute Gasteiger partial charge is 0.497 e. The van der Waals surface area contributed by atoms with Crippen molar-refractivity contribution in [3.05, 3.63) is 59.9 Å². The molecule has 9 heteroatoms. The highest BCUT2D eigenvalue weighted by Gasteiger charge is 2.23. The van der Waals surface area contributed by atoms with Gasteiger partial charge in [-0.3, -0.25) is 9.36 Å². The lowest BCUT2D eigenvalue weighted by Gasteiger charge is -2.21. The van der Waals surface area contributed by atoms with Crippen molar-refractivity contribution >= 4 is 17.7 Å². The first kappa shape index (κ1) is 24.2. The minimum Gasteiger partial charge on any atom is -0.497 e. The second kappa shape index (κ2) is 11.5. The topological polar surface area (TPSA) is 69.5 Å². The van der Waals surface area contributed by atoms with Gasteiger partial charge in [-0.2, -0.15) is 0 Å². The van der Waals surface area contributed by atoms with Crippen LogP contribution in [0.1, 0.15) is 25.3 Å². The average Bonchev–Trinajstić information content (AvgIpc) is 3.51. The van der Waals surface area contributed by atoms with Crippen molar-refractivity contribution in [2.45, 2.75) is 44.1 Å². The number of aromatic nitrogens is 3. The number of nitrogens with zero attached hydrogens (tertiary/aromatic N) is 4. The summed E-state index contributed by atoms with van der Waals surface area (Å²) in [5.74, 6) is 1.39. The summed E-state index contributed by atoms with van der Waals surface area (Å²) in [6.07, 6.45) is 2.13. The third kappa shape index (κ3) is 5.95. The molecule has 3 aromatic rings. The van der Waals surface area contributed by atoms with Crippen LogP contribution in [0.15, 0.2) is 53.7 Å². The Labute approximate surface area is 203 Å². The molecule has 1 amide bonds. The van der Waals surface area contributed by atoms with Gasteiger partial charge in [-0.05, 0) is 61.7 Å². The monoisotopic (exact) mass is 484 g/mol. The Kier molecular flexibility index (Phi) is 8.18. The molecule has 0 aliphatic carbocycles. The van der Waals surface area contributed by atoms with E-state index < -0.39 is 0 Å². The third-order valence-electron chi connectivity index (χ3n) is 5.80. The molecule has 180 valence electrons. The molecule has 1 aliphatic heterocycles. The molecule has 1 aromatic heterocycles. The minimum atomic E-state index is -0.302. The zero-order valence-electron chi connectivity index (χ0n) is 19.4. The van der Waals surface area contributed by atoms with Crippen LogP contribution in [-0.4, -0.2) is 57.7 Å². The van der Waals surface area contributed by atoms with E-state index in [0.717, 1.165) is 42.1 Å². The lowest BCUT2D eigenvalue weighted by molar-refractivity contribution is -0.128. The molecular formula is C25H29FN4O3S. The van der Waals surface area contributed by atoms with Crippen LogP contribution < -0.4 is 4.74 Å². The molecule has 1 saturated heterocycles. The van der Waals surface area contributed by atoms with Gasteiger partial charge in [0.25, 0.3) is 0 Å². The number of thioether (sulfide) groups is 1. The highest BCUT2D eigenvalue weighted by Crippen LogP contribution is 2.28. The van der Waals surface area contributed by atoms with Crippen LogP contribution in [0.5, 0.6) is 5.75 Å². The summed E-state index contributed by atoms with van der Waals surface area (Å²) in [6.45, 7) is 4.22. The molecule has 1 fully saturated rings. The van der Waals surface area contributed by atoms with E-state index in [9.17, 15) is 9.18 Å². The Hall–Kier alpha value is -2.91. The van der Waals surface area contributed by atoms with Gasteiger partial charge in [0.1, 0.15) is 11.6 Å². The van der Waals surface area contributed by atoms with Gasteiger partial charge in [-0.15, -0.1) is 10.2 Å². The summed E-state index contributed by atoms with van der Waals surface area (Å²) in [7, 11) is 1.63. The number of hydrogen-bond donors (Lipinski definition) is 0. The maximum atomic E-state index is 13.5. The molecular weight excluding hydrogens is 455 g/mol. The first-order valence-electron chi connectivity index (χ1n) is 11.4. The molecule has 1 aliphatic rings. The normalized spacial score (nSPS) is 15.4. The van der Waals surface area contributed by atoms with E-state index in [1.54, 1.807) is 18.1 Å². The van der Waals surface area contributed by atoms with Crippen LogP contribution in [0, 0.1) is 5.82 Å². The standard InChI is InChI=1S/C25H29FN4O3S/c1-3-29(15-18-6-4-7-20(26)14-18)23(31)17-34-25-28-27-24(19-9-11-21(32-2)12-10-19)30(25)16-22-8-5-13-33-22/h4,6-7,9-12,14,22H,3,5,8,13,15-17H2,1-2H3/t22-/m1/s1. The zero-order valence-corrected chi connectivity index (χ0v) is 20.3.